The van der Waals surface area contributed by atoms with Crippen molar-refractivity contribution in [3.8, 4) is 0 Å². The lowest BCUT2D eigenvalue weighted by Gasteiger charge is -2.26. The van der Waals surface area contributed by atoms with E-state index in [1.54, 1.807) is 0 Å². The molecule has 1 heterocycles. The second-order valence-corrected chi connectivity index (χ2v) is 6.56. The van der Waals surface area contributed by atoms with E-state index in [-0.39, 0.29) is 5.78 Å². The Bertz CT molecular complexity index is 410. The largest absolute Gasteiger partial charge is 0.303 e. The highest BCUT2D eigenvalue weighted by Gasteiger charge is 2.09. The van der Waals surface area contributed by atoms with Crippen LogP contribution in [-0.2, 0) is 0 Å². The normalized spacial score (nSPS) is 16.2. The SMILES string of the molecule is O=C(CCCCCN1CCCCC1)c1ccc(Br)cc1. The van der Waals surface area contributed by atoms with Crippen molar-refractivity contribution in [3.63, 3.8) is 0 Å². The summed E-state index contributed by atoms with van der Waals surface area (Å²) in [5.74, 6) is 0.274. The number of likely N-dealkylation sites (tertiary alicyclic amines) is 1. The lowest BCUT2D eigenvalue weighted by atomic mass is 10.0. The Morgan fingerprint density at radius 1 is 1.00 bits per heavy atom. The van der Waals surface area contributed by atoms with E-state index in [2.05, 4.69) is 20.8 Å². The average Bonchev–Trinajstić information content (AvgIpc) is 2.48. The predicted octanol–water partition coefficient (Wildman–Crippen LogP) is 4.68. The third-order valence-corrected chi connectivity index (χ3v) is 4.52. The highest BCUT2D eigenvalue weighted by molar-refractivity contribution is 9.10. The quantitative estimate of drug-likeness (QED) is 0.531. The molecule has 1 aromatic rings. The Morgan fingerprint density at radius 2 is 1.70 bits per heavy atom. The van der Waals surface area contributed by atoms with E-state index in [0.717, 1.165) is 16.5 Å². The molecule has 1 saturated heterocycles. The maximum absolute atomic E-state index is 12.0. The van der Waals surface area contributed by atoms with E-state index in [1.807, 2.05) is 24.3 Å². The van der Waals surface area contributed by atoms with Gasteiger partial charge in [-0.1, -0.05) is 40.9 Å². The number of carbonyl (C=O) groups is 1. The van der Waals surface area contributed by atoms with Gasteiger partial charge < -0.3 is 4.90 Å². The molecule has 0 saturated carbocycles. The van der Waals surface area contributed by atoms with Gasteiger partial charge in [0.15, 0.2) is 5.78 Å². The zero-order valence-electron chi connectivity index (χ0n) is 12.1. The molecule has 0 atom stereocenters. The molecule has 0 amide bonds. The molecule has 0 aromatic heterocycles. The first-order chi connectivity index (χ1) is 9.75. The third-order valence-electron chi connectivity index (χ3n) is 3.99. The molecule has 0 bridgehead atoms. The molecule has 0 aliphatic carbocycles. The zero-order valence-corrected chi connectivity index (χ0v) is 13.7. The first-order valence-electron chi connectivity index (χ1n) is 7.77. The summed E-state index contributed by atoms with van der Waals surface area (Å²) in [5, 5.41) is 0. The summed E-state index contributed by atoms with van der Waals surface area (Å²) in [5.41, 5.74) is 0.837. The van der Waals surface area contributed by atoms with Crippen LogP contribution in [0.15, 0.2) is 28.7 Å². The van der Waals surface area contributed by atoms with E-state index in [4.69, 9.17) is 0 Å². The van der Waals surface area contributed by atoms with Gasteiger partial charge in [-0.2, -0.15) is 0 Å². The highest BCUT2D eigenvalue weighted by atomic mass is 79.9. The topological polar surface area (TPSA) is 20.3 Å². The lowest BCUT2D eigenvalue weighted by Crippen LogP contribution is -2.30. The maximum Gasteiger partial charge on any atom is 0.162 e. The van der Waals surface area contributed by atoms with Crippen molar-refractivity contribution >= 4 is 21.7 Å². The van der Waals surface area contributed by atoms with Crippen molar-refractivity contribution in [2.45, 2.75) is 44.9 Å². The van der Waals surface area contributed by atoms with Gasteiger partial charge in [0.2, 0.25) is 0 Å². The van der Waals surface area contributed by atoms with Crippen molar-refractivity contribution in [3.05, 3.63) is 34.3 Å². The monoisotopic (exact) mass is 337 g/mol. The summed E-state index contributed by atoms with van der Waals surface area (Å²) in [4.78, 5) is 14.6. The third kappa shape index (κ3) is 5.37. The molecule has 1 fully saturated rings. The van der Waals surface area contributed by atoms with Crippen LogP contribution >= 0.6 is 15.9 Å². The molecule has 0 spiro atoms. The van der Waals surface area contributed by atoms with Crippen LogP contribution in [0.3, 0.4) is 0 Å². The van der Waals surface area contributed by atoms with Gasteiger partial charge in [0.25, 0.3) is 0 Å². The van der Waals surface area contributed by atoms with Crippen LogP contribution in [0, 0.1) is 0 Å². The molecular formula is C17H24BrNO. The molecule has 0 N–H and O–H groups in total. The number of hydrogen-bond acceptors (Lipinski definition) is 2. The number of nitrogens with zero attached hydrogens (tertiary/aromatic N) is 1. The molecule has 1 aliphatic rings. The fraction of sp³-hybridized carbons (Fsp3) is 0.588. The minimum atomic E-state index is 0.274. The van der Waals surface area contributed by atoms with Crippen molar-refractivity contribution in [1.29, 1.82) is 0 Å². The Balaban J connectivity index is 1.58. The zero-order chi connectivity index (χ0) is 14.2. The van der Waals surface area contributed by atoms with Crippen molar-refractivity contribution < 1.29 is 4.79 Å². The van der Waals surface area contributed by atoms with E-state index < -0.39 is 0 Å². The van der Waals surface area contributed by atoms with Gasteiger partial charge in [0.05, 0.1) is 0 Å². The fourth-order valence-electron chi connectivity index (χ4n) is 2.76. The number of carbonyl (C=O) groups excluding carboxylic acids is 1. The second kappa shape index (κ2) is 8.58. The molecule has 0 radical (unpaired) electrons. The minimum absolute atomic E-state index is 0.274. The van der Waals surface area contributed by atoms with Gasteiger partial charge in [-0.25, -0.2) is 0 Å². The number of Topliss-reactive ketones (excluding diaryl/α,β-unsaturated/α-hetero) is 1. The summed E-state index contributed by atoms with van der Waals surface area (Å²) in [6.45, 7) is 3.77. The van der Waals surface area contributed by atoms with Crippen molar-refractivity contribution in [2.75, 3.05) is 19.6 Å². The molecule has 110 valence electrons. The molecule has 1 aromatic carbocycles. The highest BCUT2D eigenvalue weighted by Crippen LogP contribution is 2.14. The number of piperidine rings is 1. The van der Waals surface area contributed by atoms with E-state index in [1.165, 1.54) is 51.7 Å². The molecule has 1 aliphatic heterocycles. The molecule has 3 heteroatoms. The standard InChI is InChI=1S/C17H24BrNO/c18-16-10-8-15(9-11-16)17(20)7-3-1-4-12-19-13-5-2-6-14-19/h8-11H,1-7,12-14H2. The van der Waals surface area contributed by atoms with Crippen LogP contribution in [0.1, 0.15) is 55.3 Å². The molecular weight excluding hydrogens is 314 g/mol. The van der Waals surface area contributed by atoms with Gasteiger partial charge in [-0.3, -0.25) is 4.79 Å². The number of unbranched alkanes of at least 4 members (excludes halogenated alkanes) is 2. The van der Waals surface area contributed by atoms with Crippen molar-refractivity contribution in [2.24, 2.45) is 0 Å². The van der Waals surface area contributed by atoms with E-state index in [0.29, 0.717) is 6.42 Å². The van der Waals surface area contributed by atoms with Crippen molar-refractivity contribution in [1.82, 2.24) is 4.90 Å². The number of rotatable bonds is 7. The smallest absolute Gasteiger partial charge is 0.162 e. The maximum atomic E-state index is 12.0. The minimum Gasteiger partial charge on any atom is -0.303 e. The summed E-state index contributed by atoms with van der Waals surface area (Å²) in [7, 11) is 0. The van der Waals surface area contributed by atoms with Crippen LogP contribution in [0.2, 0.25) is 0 Å². The number of hydrogen-bond donors (Lipinski definition) is 0. The summed E-state index contributed by atoms with van der Waals surface area (Å²) >= 11 is 3.39. The summed E-state index contributed by atoms with van der Waals surface area (Å²) in [6.07, 6.45) is 8.22. The number of ketones is 1. The van der Waals surface area contributed by atoms with Gasteiger partial charge in [-0.05, 0) is 57.5 Å². The predicted molar refractivity (Wildman–Crippen MR) is 87.2 cm³/mol. The average molecular weight is 338 g/mol. The first-order valence-corrected chi connectivity index (χ1v) is 8.56. The van der Waals surface area contributed by atoms with Crippen LogP contribution < -0.4 is 0 Å². The fourth-order valence-corrected chi connectivity index (χ4v) is 3.03. The van der Waals surface area contributed by atoms with Crippen LogP contribution in [0.25, 0.3) is 0 Å². The van der Waals surface area contributed by atoms with E-state index >= 15 is 0 Å². The van der Waals surface area contributed by atoms with Gasteiger partial charge in [0.1, 0.15) is 0 Å². The van der Waals surface area contributed by atoms with Crippen LogP contribution in [0.5, 0.6) is 0 Å². The second-order valence-electron chi connectivity index (χ2n) is 5.64. The van der Waals surface area contributed by atoms with Crippen LogP contribution in [0.4, 0.5) is 0 Å². The Morgan fingerprint density at radius 3 is 2.40 bits per heavy atom. The molecule has 2 nitrogen and oxygen atoms in total. The molecule has 0 unspecified atom stereocenters. The Hall–Kier alpha value is -0.670. The van der Waals surface area contributed by atoms with E-state index in [9.17, 15) is 4.79 Å². The number of benzene rings is 1. The summed E-state index contributed by atoms with van der Waals surface area (Å²) in [6, 6.07) is 7.67. The van der Waals surface area contributed by atoms with Crippen LogP contribution in [-0.4, -0.2) is 30.3 Å². The first kappa shape index (κ1) is 15.7. The number of halogens is 1. The summed E-state index contributed by atoms with van der Waals surface area (Å²) < 4.78 is 1.02. The van der Waals surface area contributed by atoms with Gasteiger partial charge in [0, 0.05) is 16.5 Å². The van der Waals surface area contributed by atoms with Gasteiger partial charge in [-0.15, -0.1) is 0 Å². The Kier molecular flexibility index (Phi) is 6.74. The van der Waals surface area contributed by atoms with Gasteiger partial charge >= 0.3 is 0 Å². The Labute approximate surface area is 130 Å². The molecule has 20 heavy (non-hydrogen) atoms. The lowest BCUT2D eigenvalue weighted by molar-refractivity contribution is 0.0978. The molecule has 2 rings (SSSR count).